The summed E-state index contributed by atoms with van der Waals surface area (Å²) in [5.74, 6) is 0.761. The van der Waals surface area contributed by atoms with Gasteiger partial charge in [-0.25, -0.2) is 9.32 Å². The number of carbonyl (C=O) groups is 2. The Balaban J connectivity index is 2.09. The second-order valence-corrected chi connectivity index (χ2v) is 8.56. The first-order valence-electron chi connectivity index (χ1n) is 9.13. The van der Waals surface area contributed by atoms with E-state index in [-0.39, 0.29) is 12.5 Å². The van der Waals surface area contributed by atoms with E-state index in [9.17, 15) is 18.0 Å². The van der Waals surface area contributed by atoms with Gasteiger partial charge < -0.3 is 14.8 Å². The van der Waals surface area contributed by atoms with Crippen molar-refractivity contribution < 1.29 is 31.7 Å². The van der Waals surface area contributed by atoms with Crippen LogP contribution in [0.1, 0.15) is 17.2 Å². The lowest BCUT2D eigenvalue weighted by atomic mass is 10.1. The number of rotatable bonds is 12. The summed E-state index contributed by atoms with van der Waals surface area (Å²) in [5.41, 5.74) is 1.99. The molecule has 1 amide bonds. The Hall–Kier alpha value is -2.60. The number of amides is 1. The van der Waals surface area contributed by atoms with Gasteiger partial charge in [0.25, 0.3) is 0 Å². The van der Waals surface area contributed by atoms with Crippen molar-refractivity contribution in [3.05, 3.63) is 59.7 Å². The molecule has 0 fully saturated rings. The van der Waals surface area contributed by atoms with Crippen molar-refractivity contribution in [1.29, 1.82) is 0 Å². The SMILES string of the molecule is CNC(=O)C(Cc1ccc(OCC(OS(N)(=O)=O)c2cccc(OC)c2)cc1)SC=O. The van der Waals surface area contributed by atoms with Crippen LogP contribution in [-0.4, -0.2) is 46.0 Å². The van der Waals surface area contributed by atoms with E-state index < -0.39 is 21.7 Å². The predicted octanol–water partition coefficient (Wildman–Crippen LogP) is 1.62. The fraction of sp³-hybridized carbons (Fsp3) is 0.300. The minimum atomic E-state index is -4.22. The van der Waals surface area contributed by atoms with E-state index in [1.807, 2.05) is 0 Å². The zero-order chi connectivity index (χ0) is 22.9. The summed E-state index contributed by atoms with van der Waals surface area (Å²) in [6.07, 6.45) is -0.615. The first-order chi connectivity index (χ1) is 14.8. The second-order valence-electron chi connectivity index (χ2n) is 6.35. The van der Waals surface area contributed by atoms with Crippen LogP contribution in [0.2, 0.25) is 0 Å². The summed E-state index contributed by atoms with van der Waals surface area (Å²) in [7, 11) is -1.21. The minimum Gasteiger partial charge on any atom is -0.497 e. The van der Waals surface area contributed by atoms with E-state index in [4.69, 9.17) is 18.8 Å². The highest BCUT2D eigenvalue weighted by atomic mass is 32.2. The molecule has 168 valence electrons. The number of hydrogen-bond donors (Lipinski definition) is 2. The lowest BCUT2D eigenvalue weighted by molar-refractivity contribution is -0.120. The molecule has 0 saturated heterocycles. The number of nitrogens with two attached hydrogens (primary N) is 1. The molecule has 0 heterocycles. The molecule has 2 atom stereocenters. The van der Waals surface area contributed by atoms with E-state index in [0.29, 0.717) is 29.1 Å². The number of benzene rings is 2. The number of ether oxygens (including phenoxy) is 2. The molecule has 0 aliphatic carbocycles. The molecule has 0 saturated carbocycles. The topological polar surface area (TPSA) is 134 Å². The molecule has 3 N–H and O–H groups in total. The molecular formula is C20H24N2O7S2. The molecule has 0 aromatic heterocycles. The summed E-state index contributed by atoms with van der Waals surface area (Å²) >= 11 is 0.909. The van der Waals surface area contributed by atoms with Gasteiger partial charge in [-0.2, -0.15) is 8.42 Å². The Morgan fingerprint density at radius 1 is 1.19 bits per heavy atom. The van der Waals surface area contributed by atoms with Gasteiger partial charge >= 0.3 is 10.3 Å². The smallest absolute Gasteiger partial charge is 0.333 e. The van der Waals surface area contributed by atoms with Gasteiger partial charge in [0.15, 0.2) is 5.62 Å². The van der Waals surface area contributed by atoms with Crippen molar-refractivity contribution in [2.75, 3.05) is 20.8 Å². The summed E-state index contributed by atoms with van der Waals surface area (Å²) in [4.78, 5) is 22.6. The van der Waals surface area contributed by atoms with Crippen molar-refractivity contribution in [2.45, 2.75) is 17.8 Å². The summed E-state index contributed by atoms with van der Waals surface area (Å²) in [6, 6.07) is 13.6. The van der Waals surface area contributed by atoms with Gasteiger partial charge in [-0.15, -0.1) is 0 Å². The fourth-order valence-corrected chi connectivity index (χ4v) is 3.88. The third kappa shape index (κ3) is 8.21. The van der Waals surface area contributed by atoms with Crippen molar-refractivity contribution in [3.8, 4) is 11.5 Å². The Morgan fingerprint density at radius 3 is 2.48 bits per heavy atom. The highest BCUT2D eigenvalue weighted by Crippen LogP contribution is 2.25. The summed E-state index contributed by atoms with van der Waals surface area (Å²) < 4.78 is 38.8. The molecular weight excluding hydrogens is 444 g/mol. The number of nitrogens with one attached hydrogen (secondary N) is 1. The average Bonchev–Trinajstić information content (AvgIpc) is 2.76. The van der Waals surface area contributed by atoms with Crippen molar-refractivity contribution >= 4 is 33.6 Å². The zero-order valence-electron chi connectivity index (χ0n) is 17.0. The van der Waals surface area contributed by atoms with Crippen molar-refractivity contribution in [2.24, 2.45) is 5.14 Å². The monoisotopic (exact) mass is 468 g/mol. The van der Waals surface area contributed by atoms with E-state index >= 15 is 0 Å². The third-order valence-corrected chi connectivity index (χ3v) is 5.54. The maximum Gasteiger partial charge on any atom is 0.333 e. The molecule has 0 bridgehead atoms. The van der Waals surface area contributed by atoms with Crippen LogP contribution < -0.4 is 19.9 Å². The Labute approximate surface area is 185 Å². The van der Waals surface area contributed by atoms with E-state index in [2.05, 4.69) is 5.32 Å². The van der Waals surface area contributed by atoms with E-state index in [0.717, 1.165) is 17.3 Å². The van der Waals surface area contributed by atoms with Crippen molar-refractivity contribution in [1.82, 2.24) is 5.32 Å². The lowest BCUT2D eigenvalue weighted by Gasteiger charge is -2.18. The standard InChI is InChI=1S/C20H24N2O7S2/c1-22-20(24)19(30-13-23)10-14-6-8-16(9-7-14)28-12-18(29-31(21,25)26)15-4-3-5-17(11-15)27-2/h3-9,11,13,18-19H,10,12H2,1-2H3,(H,22,24)(H2,21,25,26). The second kappa shape index (κ2) is 11.7. The van der Waals surface area contributed by atoms with Gasteiger partial charge in [-0.3, -0.25) is 9.59 Å². The highest BCUT2D eigenvalue weighted by molar-refractivity contribution is 8.13. The third-order valence-electron chi connectivity index (χ3n) is 4.22. The molecule has 0 aliphatic heterocycles. The molecule has 9 nitrogen and oxygen atoms in total. The van der Waals surface area contributed by atoms with Crippen LogP contribution >= 0.6 is 11.8 Å². The van der Waals surface area contributed by atoms with Crippen LogP contribution in [0.15, 0.2) is 48.5 Å². The van der Waals surface area contributed by atoms with Crippen LogP contribution in [0, 0.1) is 0 Å². The van der Waals surface area contributed by atoms with Crippen molar-refractivity contribution in [3.63, 3.8) is 0 Å². The molecule has 0 aliphatic rings. The van der Waals surface area contributed by atoms with Gasteiger partial charge in [-0.05, 0) is 41.8 Å². The van der Waals surface area contributed by atoms with Gasteiger partial charge in [0.2, 0.25) is 5.91 Å². The number of thioether (sulfide) groups is 1. The summed E-state index contributed by atoms with van der Waals surface area (Å²) in [5, 5.41) is 7.04. The fourth-order valence-electron chi connectivity index (χ4n) is 2.72. The quantitative estimate of drug-likeness (QED) is 0.449. The van der Waals surface area contributed by atoms with Gasteiger partial charge in [0.05, 0.1) is 12.4 Å². The molecule has 31 heavy (non-hydrogen) atoms. The predicted molar refractivity (Wildman–Crippen MR) is 118 cm³/mol. The van der Waals surface area contributed by atoms with Gasteiger partial charge in [0, 0.05) is 7.05 Å². The molecule has 2 unspecified atom stereocenters. The van der Waals surface area contributed by atoms with E-state index in [1.165, 1.54) is 14.2 Å². The molecule has 2 rings (SSSR count). The number of carbonyl (C=O) groups excluding carboxylic acids is 2. The maximum absolute atomic E-state index is 11.8. The molecule has 2 aromatic carbocycles. The molecule has 0 radical (unpaired) electrons. The van der Waals surface area contributed by atoms with E-state index in [1.54, 1.807) is 48.5 Å². The molecule has 11 heteroatoms. The Bertz CT molecular complexity index is 981. The van der Waals surface area contributed by atoms with Gasteiger partial charge in [-0.1, -0.05) is 36.0 Å². The number of methoxy groups -OCH3 is 1. The Morgan fingerprint density at radius 2 is 1.90 bits per heavy atom. The van der Waals surface area contributed by atoms with Crippen LogP contribution in [0.3, 0.4) is 0 Å². The normalized spacial score (nSPS) is 13.1. The van der Waals surface area contributed by atoms with Gasteiger partial charge in [0.1, 0.15) is 24.2 Å². The Kier molecular flexibility index (Phi) is 9.31. The minimum absolute atomic E-state index is 0.120. The highest BCUT2D eigenvalue weighted by Gasteiger charge is 2.21. The zero-order valence-corrected chi connectivity index (χ0v) is 18.6. The molecule has 2 aromatic rings. The molecule has 0 spiro atoms. The summed E-state index contributed by atoms with van der Waals surface area (Å²) in [6.45, 7) is -0.120. The van der Waals surface area contributed by atoms with Crippen LogP contribution in [0.5, 0.6) is 11.5 Å². The van der Waals surface area contributed by atoms with Crippen LogP contribution in [-0.2, 0) is 30.5 Å². The average molecular weight is 469 g/mol. The van der Waals surface area contributed by atoms with Crippen LogP contribution in [0.25, 0.3) is 0 Å². The largest absolute Gasteiger partial charge is 0.497 e. The number of hydrogen-bond acceptors (Lipinski definition) is 8. The first-order valence-corrected chi connectivity index (χ1v) is 11.5. The lowest BCUT2D eigenvalue weighted by Crippen LogP contribution is -2.31. The first kappa shape index (κ1) is 24.7. The maximum atomic E-state index is 11.8. The van der Waals surface area contributed by atoms with Crippen LogP contribution in [0.4, 0.5) is 0 Å².